The number of benzene rings is 3. The second kappa shape index (κ2) is 7.91. The molecule has 0 aromatic heterocycles. The van der Waals surface area contributed by atoms with Crippen LogP contribution in [0.3, 0.4) is 0 Å². The molecule has 3 aromatic carbocycles. The van der Waals surface area contributed by atoms with Crippen molar-refractivity contribution >= 4 is 23.4 Å². The summed E-state index contributed by atoms with van der Waals surface area (Å²) in [5, 5.41) is 2.69. The van der Waals surface area contributed by atoms with E-state index in [0.29, 0.717) is 22.5 Å². The minimum Gasteiger partial charge on any atom is -0.465 e. The highest BCUT2D eigenvalue weighted by molar-refractivity contribution is 5.96. The highest BCUT2D eigenvalue weighted by Crippen LogP contribution is 2.44. The van der Waals surface area contributed by atoms with Crippen LogP contribution in [0.4, 0.5) is 16.2 Å². The highest BCUT2D eigenvalue weighted by atomic mass is 16.5. The number of amides is 1. The molecule has 0 saturated carbocycles. The molecule has 4 rings (SSSR count). The number of carbonyl (C=O) groups is 2. The number of ether oxygens (including phenoxy) is 2. The molecule has 1 aliphatic rings. The van der Waals surface area contributed by atoms with Crippen LogP contribution in [-0.4, -0.2) is 25.8 Å². The number of nitrogen functional groups attached to an aromatic ring is 1. The van der Waals surface area contributed by atoms with E-state index in [0.717, 1.165) is 22.3 Å². The molecule has 0 aliphatic heterocycles. The zero-order chi connectivity index (χ0) is 21.3. The second-order valence-corrected chi connectivity index (χ2v) is 7.18. The average Bonchev–Trinajstić information content (AvgIpc) is 3.08. The van der Waals surface area contributed by atoms with Gasteiger partial charge in [0.25, 0.3) is 0 Å². The molecule has 152 valence electrons. The third-order valence-electron chi connectivity index (χ3n) is 5.42. The number of anilines is 2. The van der Waals surface area contributed by atoms with Crippen LogP contribution in [0, 0.1) is 6.92 Å². The quantitative estimate of drug-likeness (QED) is 0.487. The lowest BCUT2D eigenvalue weighted by atomic mass is 9.98. The first-order valence-electron chi connectivity index (χ1n) is 9.60. The smallest absolute Gasteiger partial charge is 0.411 e. The molecule has 6 nitrogen and oxygen atoms in total. The van der Waals surface area contributed by atoms with E-state index in [1.807, 2.05) is 24.3 Å². The monoisotopic (exact) mass is 402 g/mol. The van der Waals surface area contributed by atoms with E-state index in [1.54, 1.807) is 13.0 Å². The van der Waals surface area contributed by atoms with Gasteiger partial charge in [-0.05, 0) is 46.9 Å². The minimum atomic E-state index is -0.610. The number of carbonyl (C=O) groups excluding carboxylic acids is 2. The van der Waals surface area contributed by atoms with Gasteiger partial charge in [-0.3, -0.25) is 5.32 Å². The van der Waals surface area contributed by atoms with E-state index in [9.17, 15) is 9.59 Å². The summed E-state index contributed by atoms with van der Waals surface area (Å²) in [6.45, 7) is 1.91. The number of methoxy groups -OCH3 is 1. The third kappa shape index (κ3) is 3.48. The normalized spacial score (nSPS) is 12.1. The Balaban J connectivity index is 1.52. The van der Waals surface area contributed by atoms with Crippen molar-refractivity contribution in [3.05, 3.63) is 82.9 Å². The van der Waals surface area contributed by atoms with Crippen LogP contribution in [-0.2, 0) is 9.47 Å². The number of nitrogens with two attached hydrogens (primary N) is 1. The fraction of sp³-hybridized carbons (Fsp3) is 0.167. The van der Waals surface area contributed by atoms with Gasteiger partial charge in [-0.2, -0.15) is 0 Å². The third-order valence-corrected chi connectivity index (χ3v) is 5.42. The van der Waals surface area contributed by atoms with Gasteiger partial charge in [0.05, 0.1) is 12.7 Å². The van der Waals surface area contributed by atoms with E-state index in [4.69, 9.17) is 15.2 Å². The molecule has 0 fully saturated rings. The molecule has 3 N–H and O–H groups in total. The van der Waals surface area contributed by atoms with Crippen molar-refractivity contribution in [1.29, 1.82) is 0 Å². The number of hydrogen-bond donors (Lipinski definition) is 2. The highest BCUT2D eigenvalue weighted by Gasteiger charge is 2.29. The van der Waals surface area contributed by atoms with Crippen LogP contribution in [0.5, 0.6) is 0 Å². The number of fused-ring (bicyclic) bond motifs is 3. The molecule has 3 aromatic rings. The van der Waals surface area contributed by atoms with E-state index >= 15 is 0 Å². The van der Waals surface area contributed by atoms with Crippen molar-refractivity contribution in [2.45, 2.75) is 12.8 Å². The van der Waals surface area contributed by atoms with Gasteiger partial charge in [-0.1, -0.05) is 48.5 Å². The lowest BCUT2D eigenvalue weighted by Crippen LogP contribution is -2.19. The van der Waals surface area contributed by atoms with Gasteiger partial charge in [0.1, 0.15) is 6.61 Å². The summed E-state index contributed by atoms with van der Waals surface area (Å²) in [6.07, 6.45) is -0.610. The SMILES string of the molecule is COC(=O)c1cc(N)cc(NC(=O)OCC2c3ccccc3-c3ccccc32)c1C. The standard InChI is InChI=1S/C24H22N2O4/c1-14-20(23(27)29-2)11-15(25)12-22(14)26-24(28)30-13-21-18-9-5-3-7-16(18)17-8-4-6-10-19(17)21/h3-12,21H,13,25H2,1-2H3,(H,26,28). The van der Waals surface area contributed by atoms with Crippen molar-refractivity contribution in [3.8, 4) is 11.1 Å². The van der Waals surface area contributed by atoms with E-state index in [-0.39, 0.29) is 12.5 Å². The topological polar surface area (TPSA) is 90.6 Å². The predicted molar refractivity (Wildman–Crippen MR) is 116 cm³/mol. The molecule has 0 heterocycles. The van der Waals surface area contributed by atoms with E-state index < -0.39 is 12.1 Å². The molecular formula is C24H22N2O4. The molecule has 6 heteroatoms. The van der Waals surface area contributed by atoms with Crippen LogP contribution in [0.1, 0.15) is 33.0 Å². The number of esters is 1. The maximum atomic E-state index is 12.5. The summed E-state index contributed by atoms with van der Waals surface area (Å²) in [5.41, 5.74) is 12.1. The lowest BCUT2D eigenvalue weighted by molar-refractivity contribution is 0.0600. The molecular weight excluding hydrogens is 380 g/mol. The van der Waals surface area contributed by atoms with E-state index in [1.165, 1.54) is 13.2 Å². The summed E-state index contributed by atoms with van der Waals surface area (Å²) >= 11 is 0. The average molecular weight is 402 g/mol. The predicted octanol–water partition coefficient (Wildman–Crippen LogP) is 4.72. The molecule has 1 amide bonds. The maximum absolute atomic E-state index is 12.5. The Hall–Kier alpha value is -3.80. The molecule has 0 spiro atoms. The Bertz CT molecular complexity index is 1090. The van der Waals surface area contributed by atoms with Gasteiger partial charge in [0, 0.05) is 17.3 Å². The zero-order valence-electron chi connectivity index (χ0n) is 16.8. The van der Waals surface area contributed by atoms with Crippen LogP contribution in [0.25, 0.3) is 11.1 Å². The van der Waals surface area contributed by atoms with Crippen molar-refractivity contribution < 1.29 is 19.1 Å². The first-order chi connectivity index (χ1) is 14.5. The van der Waals surface area contributed by atoms with Crippen molar-refractivity contribution in [1.82, 2.24) is 0 Å². The molecule has 0 bridgehead atoms. The van der Waals surface area contributed by atoms with Crippen molar-refractivity contribution in [2.24, 2.45) is 0 Å². The Labute approximate surface area is 174 Å². The first-order valence-corrected chi connectivity index (χ1v) is 9.60. The van der Waals surface area contributed by atoms with Gasteiger partial charge in [0.15, 0.2) is 0 Å². The molecule has 0 radical (unpaired) electrons. The Morgan fingerprint density at radius 3 is 2.20 bits per heavy atom. The molecule has 0 atom stereocenters. The second-order valence-electron chi connectivity index (χ2n) is 7.18. The maximum Gasteiger partial charge on any atom is 0.411 e. The van der Waals surface area contributed by atoms with Crippen LogP contribution in [0.2, 0.25) is 0 Å². The molecule has 0 unspecified atom stereocenters. The summed E-state index contributed by atoms with van der Waals surface area (Å²) in [4.78, 5) is 24.5. The van der Waals surface area contributed by atoms with Gasteiger partial charge in [-0.25, -0.2) is 9.59 Å². The van der Waals surface area contributed by atoms with Crippen LogP contribution >= 0.6 is 0 Å². The van der Waals surface area contributed by atoms with Crippen molar-refractivity contribution in [2.75, 3.05) is 24.8 Å². The van der Waals surface area contributed by atoms with Gasteiger partial charge in [0.2, 0.25) is 0 Å². The summed E-state index contributed by atoms with van der Waals surface area (Å²) in [7, 11) is 1.30. The number of hydrogen-bond acceptors (Lipinski definition) is 5. The summed E-state index contributed by atoms with van der Waals surface area (Å²) < 4.78 is 10.3. The minimum absolute atomic E-state index is 0.0317. The lowest BCUT2D eigenvalue weighted by Gasteiger charge is -2.16. The molecule has 0 saturated heterocycles. The fourth-order valence-electron chi connectivity index (χ4n) is 3.93. The van der Waals surface area contributed by atoms with Crippen LogP contribution < -0.4 is 11.1 Å². The first kappa shape index (κ1) is 19.5. The van der Waals surface area contributed by atoms with Gasteiger partial charge < -0.3 is 15.2 Å². The fourth-order valence-corrected chi connectivity index (χ4v) is 3.93. The zero-order valence-corrected chi connectivity index (χ0v) is 16.8. The summed E-state index contributed by atoms with van der Waals surface area (Å²) in [5.74, 6) is -0.550. The molecule has 30 heavy (non-hydrogen) atoms. The van der Waals surface area contributed by atoms with Gasteiger partial charge >= 0.3 is 12.1 Å². The van der Waals surface area contributed by atoms with Crippen molar-refractivity contribution in [3.63, 3.8) is 0 Å². The van der Waals surface area contributed by atoms with Gasteiger partial charge in [-0.15, -0.1) is 0 Å². The molecule has 1 aliphatic carbocycles. The number of nitrogens with one attached hydrogen (secondary N) is 1. The number of rotatable bonds is 4. The largest absolute Gasteiger partial charge is 0.465 e. The Morgan fingerprint density at radius 1 is 1.00 bits per heavy atom. The summed E-state index contributed by atoms with van der Waals surface area (Å²) in [6, 6.07) is 19.4. The van der Waals surface area contributed by atoms with Crippen LogP contribution in [0.15, 0.2) is 60.7 Å². The Morgan fingerprint density at radius 2 is 1.60 bits per heavy atom. The van der Waals surface area contributed by atoms with E-state index in [2.05, 4.69) is 29.6 Å². The Kier molecular flexibility index (Phi) is 5.14.